The fraction of sp³-hybridized carbons (Fsp3) is 0.800. The Morgan fingerprint density at radius 1 is 1.88 bits per heavy atom. The molecule has 1 unspecified atom stereocenters. The van der Waals surface area contributed by atoms with E-state index in [1.165, 1.54) is 0 Å². The van der Waals surface area contributed by atoms with E-state index < -0.39 is 6.30 Å². The molecule has 3 heteroatoms. The summed E-state index contributed by atoms with van der Waals surface area (Å²) in [5.41, 5.74) is 0. The third-order valence-corrected chi connectivity index (χ3v) is 0.791. The van der Waals surface area contributed by atoms with Crippen molar-refractivity contribution in [1.82, 2.24) is 5.32 Å². The van der Waals surface area contributed by atoms with Gasteiger partial charge < -0.3 is 5.32 Å². The Labute approximate surface area is 48.1 Å². The van der Waals surface area contributed by atoms with Gasteiger partial charge in [0.25, 0.3) is 0 Å². The maximum Gasteiger partial charge on any atom is 0.209 e. The predicted molar refractivity (Wildman–Crippen MR) is 29.0 cm³/mol. The summed E-state index contributed by atoms with van der Waals surface area (Å²) < 4.78 is 12.1. The summed E-state index contributed by atoms with van der Waals surface area (Å²) in [4.78, 5) is 9.54. The smallest absolute Gasteiger partial charge is 0.209 e. The lowest BCUT2D eigenvalue weighted by atomic mass is 10.3. The fourth-order valence-corrected chi connectivity index (χ4v) is 0.411. The Morgan fingerprint density at radius 3 is 2.88 bits per heavy atom. The lowest BCUT2D eigenvalue weighted by Crippen LogP contribution is -2.22. The van der Waals surface area contributed by atoms with Crippen molar-refractivity contribution in [3.8, 4) is 0 Å². The van der Waals surface area contributed by atoms with Crippen LogP contribution in [0.4, 0.5) is 4.39 Å². The molecule has 1 amide bonds. The van der Waals surface area contributed by atoms with E-state index in [0.29, 0.717) is 12.8 Å². The highest BCUT2D eigenvalue weighted by molar-refractivity contribution is 5.46. The van der Waals surface area contributed by atoms with Crippen molar-refractivity contribution in [2.24, 2.45) is 0 Å². The molecular weight excluding hydrogens is 109 g/mol. The zero-order chi connectivity index (χ0) is 6.41. The van der Waals surface area contributed by atoms with E-state index in [2.05, 4.69) is 0 Å². The van der Waals surface area contributed by atoms with Gasteiger partial charge in [-0.15, -0.1) is 0 Å². The lowest BCUT2D eigenvalue weighted by Gasteiger charge is -2.01. The first kappa shape index (κ1) is 7.40. The highest BCUT2D eigenvalue weighted by Gasteiger charge is 1.98. The third-order valence-electron chi connectivity index (χ3n) is 0.791. The van der Waals surface area contributed by atoms with Gasteiger partial charge >= 0.3 is 0 Å². The van der Waals surface area contributed by atoms with Crippen molar-refractivity contribution < 1.29 is 9.18 Å². The highest BCUT2D eigenvalue weighted by Crippen LogP contribution is 1.94. The minimum absolute atomic E-state index is 0.375. The summed E-state index contributed by atoms with van der Waals surface area (Å²) in [5, 5.41) is 2.00. The number of carbonyl (C=O) groups is 1. The third kappa shape index (κ3) is 3.59. The van der Waals surface area contributed by atoms with Crippen LogP contribution in [0, 0.1) is 0 Å². The molecule has 1 atom stereocenters. The minimum Gasteiger partial charge on any atom is -0.329 e. The van der Waals surface area contributed by atoms with Crippen molar-refractivity contribution in [1.29, 1.82) is 0 Å². The number of rotatable bonds is 4. The van der Waals surface area contributed by atoms with E-state index in [-0.39, 0.29) is 0 Å². The summed E-state index contributed by atoms with van der Waals surface area (Å²) in [6, 6.07) is 0. The molecule has 0 saturated heterocycles. The maximum atomic E-state index is 12.1. The van der Waals surface area contributed by atoms with Crippen molar-refractivity contribution in [2.75, 3.05) is 0 Å². The maximum absolute atomic E-state index is 12.1. The molecule has 8 heavy (non-hydrogen) atoms. The molecule has 0 aromatic rings. The molecule has 0 spiro atoms. The molecule has 0 aromatic carbocycles. The first-order chi connectivity index (χ1) is 3.81. The number of carbonyl (C=O) groups excluding carboxylic acids is 1. The summed E-state index contributed by atoms with van der Waals surface area (Å²) in [6.07, 6.45) is 0.374. The van der Waals surface area contributed by atoms with Crippen LogP contribution in [0.1, 0.15) is 19.8 Å². The van der Waals surface area contributed by atoms with Gasteiger partial charge in [0.1, 0.15) is 0 Å². The van der Waals surface area contributed by atoms with Gasteiger partial charge in [-0.1, -0.05) is 13.3 Å². The summed E-state index contributed by atoms with van der Waals surface area (Å²) >= 11 is 0. The molecule has 0 bridgehead atoms. The predicted octanol–water partition coefficient (Wildman–Crippen LogP) is 0.828. The molecule has 2 nitrogen and oxygen atoms in total. The molecule has 0 aliphatic rings. The van der Waals surface area contributed by atoms with Crippen LogP contribution in [0.15, 0.2) is 0 Å². The lowest BCUT2D eigenvalue weighted by molar-refractivity contribution is -0.111. The Kier molecular flexibility index (Phi) is 4.21. The summed E-state index contributed by atoms with van der Waals surface area (Å²) in [5.74, 6) is 0. The average Bonchev–Trinajstić information content (AvgIpc) is 1.68. The number of nitrogens with one attached hydrogen (secondary N) is 1. The van der Waals surface area contributed by atoms with Gasteiger partial charge in [0.2, 0.25) is 6.41 Å². The molecular formula is C5H10FNO. The molecule has 48 valence electrons. The minimum atomic E-state index is -1.16. The Morgan fingerprint density at radius 2 is 2.50 bits per heavy atom. The second kappa shape index (κ2) is 4.56. The van der Waals surface area contributed by atoms with Gasteiger partial charge in [0.05, 0.1) is 0 Å². The van der Waals surface area contributed by atoms with Gasteiger partial charge in [-0.2, -0.15) is 0 Å². The van der Waals surface area contributed by atoms with Crippen LogP contribution in [0.3, 0.4) is 0 Å². The SMILES string of the molecule is CCCC(F)NC=O. The van der Waals surface area contributed by atoms with Crippen LogP contribution < -0.4 is 5.32 Å². The second-order valence-electron chi connectivity index (χ2n) is 1.54. The van der Waals surface area contributed by atoms with Gasteiger partial charge in [-0.3, -0.25) is 4.79 Å². The van der Waals surface area contributed by atoms with Crippen molar-refractivity contribution in [3.05, 3.63) is 0 Å². The molecule has 0 aliphatic heterocycles. The van der Waals surface area contributed by atoms with E-state index in [1.54, 1.807) is 0 Å². The number of alkyl halides is 1. The van der Waals surface area contributed by atoms with Crippen LogP contribution in [0.25, 0.3) is 0 Å². The van der Waals surface area contributed by atoms with Crippen LogP contribution in [-0.4, -0.2) is 12.7 Å². The molecule has 1 N–H and O–H groups in total. The van der Waals surface area contributed by atoms with E-state index in [4.69, 9.17) is 0 Å². The van der Waals surface area contributed by atoms with E-state index in [1.807, 2.05) is 12.2 Å². The normalized spacial score (nSPS) is 12.8. The molecule has 0 heterocycles. The largest absolute Gasteiger partial charge is 0.329 e. The number of amides is 1. The van der Waals surface area contributed by atoms with Gasteiger partial charge in [0, 0.05) is 0 Å². The Hall–Kier alpha value is -0.600. The van der Waals surface area contributed by atoms with Crippen LogP contribution >= 0.6 is 0 Å². The zero-order valence-corrected chi connectivity index (χ0v) is 4.86. The molecule has 0 aliphatic carbocycles. The number of hydrogen-bond donors (Lipinski definition) is 1. The van der Waals surface area contributed by atoms with Crippen LogP contribution in [0.5, 0.6) is 0 Å². The van der Waals surface area contributed by atoms with Crippen LogP contribution in [0.2, 0.25) is 0 Å². The highest BCUT2D eigenvalue weighted by atomic mass is 19.1. The van der Waals surface area contributed by atoms with E-state index in [9.17, 15) is 9.18 Å². The van der Waals surface area contributed by atoms with Crippen molar-refractivity contribution in [2.45, 2.75) is 26.1 Å². The van der Waals surface area contributed by atoms with Gasteiger partial charge in [0.15, 0.2) is 6.30 Å². The van der Waals surface area contributed by atoms with Gasteiger partial charge in [-0.25, -0.2) is 4.39 Å². The van der Waals surface area contributed by atoms with Crippen LogP contribution in [-0.2, 0) is 4.79 Å². The molecule has 0 fully saturated rings. The quantitative estimate of drug-likeness (QED) is 0.431. The first-order valence-electron chi connectivity index (χ1n) is 2.65. The molecule has 0 saturated carbocycles. The Bertz CT molecular complexity index is 67.4. The number of hydrogen-bond acceptors (Lipinski definition) is 1. The molecule has 0 radical (unpaired) electrons. The monoisotopic (exact) mass is 119 g/mol. The topological polar surface area (TPSA) is 29.1 Å². The zero-order valence-electron chi connectivity index (χ0n) is 4.86. The van der Waals surface area contributed by atoms with E-state index in [0.717, 1.165) is 6.42 Å². The number of halogens is 1. The Balaban J connectivity index is 3.03. The fourth-order valence-electron chi connectivity index (χ4n) is 0.411. The van der Waals surface area contributed by atoms with Crippen molar-refractivity contribution >= 4 is 6.41 Å². The molecule has 0 aromatic heterocycles. The summed E-state index contributed by atoms with van der Waals surface area (Å²) in [6.45, 7) is 1.86. The molecule has 0 rings (SSSR count). The van der Waals surface area contributed by atoms with E-state index >= 15 is 0 Å². The first-order valence-corrected chi connectivity index (χ1v) is 2.65. The van der Waals surface area contributed by atoms with Crippen molar-refractivity contribution in [3.63, 3.8) is 0 Å². The second-order valence-corrected chi connectivity index (χ2v) is 1.54. The van der Waals surface area contributed by atoms with Gasteiger partial charge in [-0.05, 0) is 6.42 Å². The standard InChI is InChI=1S/C5H10FNO/c1-2-3-5(6)7-4-8/h4-5H,2-3H2,1H3,(H,7,8). The average molecular weight is 119 g/mol. The summed E-state index contributed by atoms with van der Waals surface area (Å²) in [7, 11) is 0.